The lowest BCUT2D eigenvalue weighted by Crippen LogP contribution is -2.55. The van der Waals surface area contributed by atoms with Crippen LogP contribution in [-0.4, -0.2) is 54.4 Å². The van der Waals surface area contributed by atoms with E-state index in [0.717, 1.165) is 98.7 Å². The molecule has 1 aromatic heterocycles. The zero-order valence-corrected chi connectivity index (χ0v) is 34.7. The number of methoxy groups -OCH3 is 1. The molecular weight excluding hydrogens is 733 g/mol. The molecule has 310 valence electrons. The van der Waals surface area contributed by atoms with E-state index in [2.05, 4.69) is 76.3 Å². The first-order valence-corrected chi connectivity index (χ1v) is 21.9. The van der Waals surface area contributed by atoms with E-state index in [1.807, 2.05) is 12.1 Å². The zero-order chi connectivity index (χ0) is 41.0. The number of unbranched alkanes of at least 4 members (excludes halogenated alkanes) is 2. The predicted octanol–water partition coefficient (Wildman–Crippen LogP) is 8.42. The number of carbonyl (C=O) groups is 2. The predicted molar refractivity (Wildman–Crippen MR) is 238 cm³/mol. The number of ketones is 2. The Balaban J connectivity index is 0.925. The number of nitrogens with two attached hydrogens (primary N) is 1. The second-order valence-electron chi connectivity index (χ2n) is 17.0. The molecule has 4 aromatic rings. The number of carbonyl (C=O) groups excluding carboxylic acids is 2. The molecule has 8 heteroatoms. The summed E-state index contributed by atoms with van der Waals surface area (Å²) in [4.78, 5) is 30.5. The molecule has 2 fully saturated rings. The number of hydrogen-bond donors (Lipinski definition) is 4. The van der Waals surface area contributed by atoms with Crippen LogP contribution in [0.1, 0.15) is 90.3 Å². The molecule has 1 aliphatic carbocycles. The first-order chi connectivity index (χ1) is 28.8. The van der Waals surface area contributed by atoms with Gasteiger partial charge >= 0.3 is 0 Å². The maximum Gasteiger partial charge on any atom is 0.163 e. The van der Waals surface area contributed by atoms with E-state index in [9.17, 15) is 14.7 Å². The van der Waals surface area contributed by atoms with Crippen LogP contribution < -0.4 is 21.1 Å². The van der Waals surface area contributed by atoms with Gasteiger partial charge in [0.2, 0.25) is 0 Å². The van der Waals surface area contributed by atoms with Crippen molar-refractivity contribution in [2.24, 2.45) is 23.7 Å². The summed E-state index contributed by atoms with van der Waals surface area (Å²) in [5.41, 5.74) is 13.7. The van der Waals surface area contributed by atoms with E-state index in [1.165, 1.54) is 49.1 Å². The number of aromatic hydroxyl groups is 1. The molecule has 0 unspecified atom stereocenters. The smallest absolute Gasteiger partial charge is 0.163 e. The van der Waals surface area contributed by atoms with Gasteiger partial charge in [-0.05, 0) is 158 Å². The summed E-state index contributed by atoms with van der Waals surface area (Å²) < 4.78 is 5.44. The minimum atomic E-state index is -0.226. The molecule has 3 heterocycles. The van der Waals surface area contributed by atoms with Crippen LogP contribution in [0.25, 0.3) is 6.08 Å². The van der Waals surface area contributed by atoms with Gasteiger partial charge in [-0.15, -0.1) is 0 Å². The van der Waals surface area contributed by atoms with Gasteiger partial charge in [0, 0.05) is 25.2 Å². The van der Waals surface area contributed by atoms with Gasteiger partial charge in [-0.1, -0.05) is 85.7 Å². The number of allylic oxidation sites excluding steroid dienone is 1. The number of aryl methyl sites for hydroxylation is 4. The Morgan fingerprint density at radius 3 is 2.54 bits per heavy atom. The number of phenolic OH excluding ortho intramolecular Hbond substituents is 1. The second-order valence-corrected chi connectivity index (χ2v) is 17.0. The Morgan fingerprint density at radius 2 is 1.71 bits per heavy atom. The monoisotopic (exact) mass is 794 g/mol. The molecule has 0 bridgehead atoms. The van der Waals surface area contributed by atoms with Crippen molar-refractivity contribution in [2.45, 2.75) is 89.5 Å². The summed E-state index contributed by atoms with van der Waals surface area (Å²) >= 11 is 0. The number of nitrogen functional groups attached to an aromatic ring is 1. The molecular formula is C51H62N4O4. The number of piperidine rings is 1. The molecule has 0 radical (unpaired) electrons. The van der Waals surface area contributed by atoms with Crippen molar-refractivity contribution in [1.82, 2.24) is 15.6 Å². The van der Waals surface area contributed by atoms with Crippen molar-refractivity contribution in [3.05, 3.63) is 136 Å². The third kappa shape index (κ3) is 11.6. The topological polar surface area (TPSA) is 127 Å². The van der Waals surface area contributed by atoms with Gasteiger partial charge in [0.1, 0.15) is 11.6 Å². The number of phenols is 1. The lowest BCUT2D eigenvalue weighted by atomic mass is 9.61. The number of pyridine rings is 1. The first kappa shape index (κ1) is 42.1. The van der Waals surface area contributed by atoms with Crippen LogP contribution in [0.4, 0.5) is 5.82 Å². The Kier molecular flexibility index (Phi) is 14.8. The van der Waals surface area contributed by atoms with Crippen LogP contribution in [0.5, 0.6) is 11.5 Å². The highest BCUT2D eigenvalue weighted by Crippen LogP contribution is 2.45. The maximum atomic E-state index is 13.1. The van der Waals surface area contributed by atoms with E-state index in [0.29, 0.717) is 42.3 Å². The molecule has 3 aliphatic rings. The number of fused-ring (bicyclic) bond motifs is 2. The van der Waals surface area contributed by atoms with Gasteiger partial charge < -0.3 is 26.2 Å². The summed E-state index contributed by atoms with van der Waals surface area (Å²) in [7, 11) is 1.50. The summed E-state index contributed by atoms with van der Waals surface area (Å²) in [5.74, 6) is 3.42. The lowest BCUT2D eigenvalue weighted by molar-refractivity contribution is -0.124. The van der Waals surface area contributed by atoms with E-state index in [1.54, 1.807) is 24.4 Å². The Bertz CT molecular complexity index is 2090. The molecule has 3 aromatic carbocycles. The number of nitrogens with one attached hydrogen (secondary N) is 2. The Hall–Kier alpha value is -5.05. The first-order valence-electron chi connectivity index (χ1n) is 21.9. The number of hydrogen-bond acceptors (Lipinski definition) is 8. The van der Waals surface area contributed by atoms with Crippen LogP contribution in [0.3, 0.4) is 0 Å². The quantitative estimate of drug-likeness (QED) is 0.0323. The number of benzene rings is 3. The third-order valence-corrected chi connectivity index (χ3v) is 13.0. The molecule has 7 rings (SSSR count). The Labute approximate surface area is 350 Å². The second kappa shape index (κ2) is 20.8. The fraction of sp³-hybridized carbons (Fsp3) is 0.431. The van der Waals surface area contributed by atoms with Crippen molar-refractivity contribution >= 4 is 23.5 Å². The molecule has 5 N–H and O–H groups in total. The van der Waals surface area contributed by atoms with Gasteiger partial charge in [-0.25, -0.2) is 4.98 Å². The standard InChI is InChI=1S/C51H62N4O4/c1-59-49-30-38(21-22-45(57)32-44(56)15-6-3-7-16-47-46-23-25-53-33-43(46)27-40-14-9-24-54-51(40)47)41(29-48(49)58)28-42-34-55-50(52)31-39(42)20-19-37-13-8-12-36(26-37)18-17-35-10-4-2-5-11-35/h2,4-5,8-14,21-22,26,29-31,34,40,43,46-47,51,53-54,58H,3,6-7,15-20,23-25,27-28,32-33H2,1H3,(H2,52,55)/b22-21+/t40-,43-,46+,47+,51+/m0/s1. The number of nitrogens with zero attached hydrogens (tertiary/aromatic N) is 1. The number of aromatic nitrogens is 1. The van der Waals surface area contributed by atoms with E-state index >= 15 is 0 Å². The number of anilines is 1. The van der Waals surface area contributed by atoms with Crippen molar-refractivity contribution < 1.29 is 19.4 Å². The van der Waals surface area contributed by atoms with Gasteiger partial charge in [0.25, 0.3) is 0 Å². The van der Waals surface area contributed by atoms with Crippen molar-refractivity contribution in [1.29, 1.82) is 0 Å². The van der Waals surface area contributed by atoms with Crippen molar-refractivity contribution in [3.63, 3.8) is 0 Å². The molecule has 59 heavy (non-hydrogen) atoms. The number of ether oxygens (including phenoxy) is 1. The van der Waals surface area contributed by atoms with Crippen LogP contribution in [0, 0.1) is 23.7 Å². The van der Waals surface area contributed by atoms with Gasteiger partial charge in [0.15, 0.2) is 17.3 Å². The van der Waals surface area contributed by atoms with Crippen LogP contribution >= 0.6 is 0 Å². The summed E-state index contributed by atoms with van der Waals surface area (Å²) in [6.45, 7) is 3.24. The Morgan fingerprint density at radius 1 is 0.915 bits per heavy atom. The highest BCUT2D eigenvalue weighted by atomic mass is 16.5. The van der Waals surface area contributed by atoms with Gasteiger partial charge in [-0.2, -0.15) is 0 Å². The molecule has 0 amide bonds. The fourth-order valence-corrected chi connectivity index (χ4v) is 9.98. The lowest BCUT2D eigenvalue weighted by Gasteiger charge is -2.50. The third-order valence-electron chi connectivity index (χ3n) is 13.0. The number of rotatable bonds is 19. The molecule has 1 saturated carbocycles. The SMILES string of the molecule is COc1cc(/C=C/C(=O)CC(=O)CCCCC[C@@H]2[C@@H]3CCNC[C@@H]3C[C@@H]3C=CCN[C@@H]23)c(Cc2cnc(N)cc2CCc2cccc(CCc3ccccc3)c2)cc1O. The summed E-state index contributed by atoms with van der Waals surface area (Å²) in [5, 5.41) is 18.2. The molecule has 0 spiro atoms. The van der Waals surface area contributed by atoms with Crippen LogP contribution in [-0.2, 0) is 41.7 Å². The van der Waals surface area contributed by atoms with Crippen molar-refractivity contribution in [3.8, 4) is 11.5 Å². The summed E-state index contributed by atoms with van der Waals surface area (Å²) in [6, 6.07) is 25.3. The molecule has 8 nitrogen and oxygen atoms in total. The molecule has 1 saturated heterocycles. The number of Topliss-reactive ketones (excluding diaryl/α,β-unsaturated/α-hetero) is 1. The van der Waals surface area contributed by atoms with Crippen molar-refractivity contribution in [2.75, 3.05) is 32.5 Å². The molecule has 2 aliphatic heterocycles. The average molecular weight is 795 g/mol. The largest absolute Gasteiger partial charge is 0.504 e. The molecule has 5 atom stereocenters. The van der Waals surface area contributed by atoms with E-state index < -0.39 is 0 Å². The normalized spacial score (nSPS) is 21.2. The van der Waals surface area contributed by atoms with Crippen LogP contribution in [0.2, 0.25) is 0 Å². The van der Waals surface area contributed by atoms with Gasteiger partial charge in [-0.3, -0.25) is 9.59 Å². The highest BCUT2D eigenvalue weighted by molar-refractivity contribution is 6.06. The van der Waals surface area contributed by atoms with Crippen LogP contribution in [0.15, 0.2) is 97.2 Å². The average Bonchev–Trinajstić information content (AvgIpc) is 3.25. The van der Waals surface area contributed by atoms with E-state index in [4.69, 9.17) is 10.5 Å². The minimum Gasteiger partial charge on any atom is -0.504 e. The van der Waals surface area contributed by atoms with E-state index in [-0.39, 0.29) is 23.7 Å². The summed E-state index contributed by atoms with van der Waals surface area (Å²) in [6.07, 6.45) is 20.9. The zero-order valence-electron chi connectivity index (χ0n) is 34.7. The fourth-order valence-electron chi connectivity index (χ4n) is 9.98. The minimum absolute atomic E-state index is 0.0160. The van der Waals surface area contributed by atoms with Gasteiger partial charge in [0.05, 0.1) is 13.5 Å². The highest BCUT2D eigenvalue weighted by Gasteiger charge is 2.44. The maximum absolute atomic E-state index is 13.1.